The van der Waals surface area contributed by atoms with Gasteiger partial charge in [-0.25, -0.2) is 0 Å². The second-order valence-electron chi connectivity index (χ2n) is 10.2. The van der Waals surface area contributed by atoms with Gasteiger partial charge in [0.25, 0.3) is 0 Å². The van der Waals surface area contributed by atoms with E-state index in [-0.39, 0.29) is 36.1 Å². The minimum Gasteiger partial charge on any atom is -0.458 e. The Kier molecular flexibility index (Phi) is 6.37. The van der Waals surface area contributed by atoms with Gasteiger partial charge < -0.3 is 14.2 Å². The van der Waals surface area contributed by atoms with Crippen LogP contribution in [0.2, 0.25) is 0 Å². The predicted octanol–water partition coefficient (Wildman–Crippen LogP) is 3.91. The second-order valence-corrected chi connectivity index (χ2v) is 10.2. The number of esters is 3. The molecule has 0 aromatic rings. The van der Waals surface area contributed by atoms with Gasteiger partial charge in [0, 0.05) is 5.92 Å². The Morgan fingerprint density at radius 1 is 1.16 bits per heavy atom. The highest BCUT2D eigenvalue weighted by Crippen LogP contribution is 2.56. The lowest BCUT2D eigenvalue weighted by Crippen LogP contribution is -2.45. The maximum absolute atomic E-state index is 13.1. The van der Waals surface area contributed by atoms with Gasteiger partial charge in [-0.15, -0.1) is 0 Å². The van der Waals surface area contributed by atoms with Crippen LogP contribution in [0.1, 0.15) is 53.9 Å². The molecule has 2 aliphatic carbocycles. The quantitative estimate of drug-likeness (QED) is 0.434. The zero-order valence-electron chi connectivity index (χ0n) is 18.5. The molecule has 0 aromatic heterocycles. The van der Waals surface area contributed by atoms with Gasteiger partial charge in [0.15, 0.2) is 6.61 Å². The van der Waals surface area contributed by atoms with Crippen molar-refractivity contribution in [3.05, 3.63) is 0 Å². The van der Waals surface area contributed by atoms with Crippen LogP contribution < -0.4 is 0 Å². The van der Waals surface area contributed by atoms with Crippen molar-refractivity contribution in [2.45, 2.75) is 72.3 Å². The van der Waals surface area contributed by atoms with Crippen LogP contribution >= 0.6 is 0 Å². The van der Waals surface area contributed by atoms with Crippen LogP contribution in [0.3, 0.4) is 0 Å². The zero-order valence-corrected chi connectivity index (χ0v) is 18.5. The number of carbonyl (C=O) groups is 3. The molecule has 7 unspecified atom stereocenters. The summed E-state index contributed by atoms with van der Waals surface area (Å²) in [4.78, 5) is 38.0. The average molecular weight is 448 g/mol. The van der Waals surface area contributed by atoms with Gasteiger partial charge in [-0.05, 0) is 43.9 Å². The fraction of sp³-hybridized carbons (Fsp3) is 0.864. The number of alkyl halides is 3. The second kappa shape index (κ2) is 8.28. The Morgan fingerprint density at radius 3 is 2.35 bits per heavy atom. The summed E-state index contributed by atoms with van der Waals surface area (Å²) in [6.45, 7) is 8.12. The van der Waals surface area contributed by atoms with Crippen molar-refractivity contribution in [1.82, 2.24) is 0 Å². The van der Waals surface area contributed by atoms with E-state index < -0.39 is 54.2 Å². The molecule has 1 aliphatic heterocycles. The van der Waals surface area contributed by atoms with E-state index in [1.807, 2.05) is 34.6 Å². The van der Waals surface area contributed by atoms with Gasteiger partial charge in [-0.1, -0.05) is 27.7 Å². The molecule has 0 N–H and O–H groups in total. The van der Waals surface area contributed by atoms with Gasteiger partial charge in [0.1, 0.15) is 12.2 Å². The molecule has 9 heteroatoms. The van der Waals surface area contributed by atoms with Gasteiger partial charge in [-0.3, -0.25) is 14.4 Å². The Hall–Kier alpha value is -1.80. The van der Waals surface area contributed by atoms with Gasteiger partial charge in [0.05, 0.1) is 17.3 Å². The largest absolute Gasteiger partial charge is 0.458 e. The van der Waals surface area contributed by atoms with Gasteiger partial charge in [-0.2, -0.15) is 13.2 Å². The molecule has 0 spiro atoms. The third-order valence-electron chi connectivity index (χ3n) is 7.26. The van der Waals surface area contributed by atoms with Crippen molar-refractivity contribution in [1.29, 1.82) is 0 Å². The molecule has 6 nitrogen and oxygen atoms in total. The van der Waals surface area contributed by atoms with Crippen LogP contribution in [-0.2, 0) is 28.6 Å². The maximum Gasteiger partial charge on any atom is 0.422 e. The number of ether oxygens (including phenoxy) is 3. The van der Waals surface area contributed by atoms with Crippen LogP contribution in [0.25, 0.3) is 0 Å². The Labute approximate surface area is 180 Å². The molecular weight excluding hydrogens is 417 g/mol. The zero-order chi connectivity index (χ0) is 23.3. The number of fused-ring (bicyclic) bond motifs is 1. The predicted molar refractivity (Wildman–Crippen MR) is 102 cm³/mol. The topological polar surface area (TPSA) is 78.9 Å². The summed E-state index contributed by atoms with van der Waals surface area (Å²) in [5.41, 5.74) is -0.724. The summed E-state index contributed by atoms with van der Waals surface area (Å²) >= 11 is 0. The standard InChI is InChI=1S/C22H31F3O6/c1-10(2)8-21(5,11(3)4)20(28)30-14-7-12-6-13-16(19(27)31-17(13)14)15(12)18(26)29-9-22(23,24)25/h10-17H,6-9H2,1-5H3. The fourth-order valence-electron chi connectivity index (χ4n) is 5.57. The van der Waals surface area contributed by atoms with Crippen LogP contribution in [0.5, 0.6) is 0 Å². The third-order valence-corrected chi connectivity index (χ3v) is 7.26. The molecule has 7 atom stereocenters. The van der Waals surface area contributed by atoms with E-state index in [0.717, 1.165) is 0 Å². The molecule has 2 bridgehead atoms. The molecule has 3 fully saturated rings. The van der Waals surface area contributed by atoms with E-state index in [1.165, 1.54) is 0 Å². The van der Waals surface area contributed by atoms with Crippen molar-refractivity contribution in [2.75, 3.05) is 6.61 Å². The molecule has 0 amide bonds. The summed E-state index contributed by atoms with van der Waals surface area (Å²) in [5, 5.41) is 0. The van der Waals surface area contributed by atoms with Crippen molar-refractivity contribution >= 4 is 17.9 Å². The van der Waals surface area contributed by atoms with Crippen LogP contribution in [0.15, 0.2) is 0 Å². The number of hydrogen-bond donors (Lipinski definition) is 0. The first-order valence-electron chi connectivity index (χ1n) is 10.9. The SMILES string of the molecule is CC(C)CC(C)(C(=O)OC1CC2CC3C1OC(=O)C3C2C(=O)OCC(F)(F)F)C(C)C. The average Bonchev–Trinajstić information content (AvgIpc) is 3.12. The first-order chi connectivity index (χ1) is 14.2. The van der Waals surface area contributed by atoms with Crippen molar-refractivity contribution in [3.63, 3.8) is 0 Å². The molecule has 0 radical (unpaired) electrons. The molecule has 176 valence electrons. The van der Waals surface area contributed by atoms with E-state index >= 15 is 0 Å². The molecule has 31 heavy (non-hydrogen) atoms. The minimum absolute atomic E-state index is 0.0201. The number of halogens is 3. The number of rotatable bonds is 7. The van der Waals surface area contributed by atoms with Gasteiger partial charge in [0.2, 0.25) is 0 Å². The summed E-state index contributed by atoms with van der Waals surface area (Å²) in [5.74, 6) is -4.33. The lowest BCUT2D eigenvalue weighted by Gasteiger charge is -2.38. The summed E-state index contributed by atoms with van der Waals surface area (Å²) in [6, 6.07) is 0. The molecule has 1 heterocycles. The van der Waals surface area contributed by atoms with E-state index in [1.54, 1.807) is 0 Å². The first kappa shape index (κ1) is 23.9. The third kappa shape index (κ3) is 4.55. The van der Waals surface area contributed by atoms with E-state index in [4.69, 9.17) is 9.47 Å². The van der Waals surface area contributed by atoms with Crippen LogP contribution in [0, 0.1) is 40.9 Å². The summed E-state index contributed by atoms with van der Waals surface area (Å²) in [7, 11) is 0. The Morgan fingerprint density at radius 2 is 1.81 bits per heavy atom. The lowest BCUT2D eigenvalue weighted by molar-refractivity contribution is -0.193. The normalized spacial score (nSPS) is 33.9. The number of carbonyl (C=O) groups excluding carboxylic acids is 3. The molecule has 3 rings (SSSR count). The molecule has 3 aliphatic rings. The van der Waals surface area contributed by atoms with E-state index in [9.17, 15) is 27.6 Å². The molecular formula is C22H31F3O6. The Balaban J connectivity index is 1.76. The summed E-state index contributed by atoms with van der Waals surface area (Å²) in [6.07, 6.45) is -4.67. The lowest BCUT2D eigenvalue weighted by atomic mass is 9.73. The van der Waals surface area contributed by atoms with E-state index in [0.29, 0.717) is 12.8 Å². The van der Waals surface area contributed by atoms with Gasteiger partial charge >= 0.3 is 24.1 Å². The van der Waals surface area contributed by atoms with Crippen LogP contribution in [-0.4, -0.2) is 42.9 Å². The molecule has 2 saturated carbocycles. The van der Waals surface area contributed by atoms with Crippen molar-refractivity contribution < 1.29 is 41.8 Å². The summed E-state index contributed by atoms with van der Waals surface area (Å²) < 4.78 is 53.2. The number of hydrogen-bond acceptors (Lipinski definition) is 6. The highest BCUT2D eigenvalue weighted by atomic mass is 19.4. The monoisotopic (exact) mass is 448 g/mol. The molecule has 0 aromatic carbocycles. The van der Waals surface area contributed by atoms with Crippen molar-refractivity contribution in [3.8, 4) is 0 Å². The molecule has 1 saturated heterocycles. The highest BCUT2D eigenvalue weighted by Gasteiger charge is 2.65. The highest BCUT2D eigenvalue weighted by molar-refractivity contribution is 5.85. The smallest absolute Gasteiger partial charge is 0.422 e. The maximum atomic E-state index is 13.1. The minimum atomic E-state index is -4.64. The first-order valence-corrected chi connectivity index (χ1v) is 10.9. The van der Waals surface area contributed by atoms with E-state index in [2.05, 4.69) is 4.74 Å². The fourth-order valence-corrected chi connectivity index (χ4v) is 5.57. The van der Waals surface area contributed by atoms with Crippen LogP contribution in [0.4, 0.5) is 13.2 Å². The Bertz CT molecular complexity index is 733. The van der Waals surface area contributed by atoms with Crippen molar-refractivity contribution in [2.24, 2.45) is 40.9 Å².